The molecule has 0 aliphatic carbocycles. The molecular weight excluding hydrogens is 238 g/mol. The smallest absolute Gasteiger partial charge is 0.227 e. The van der Waals surface area contributed by atoms with Crippen LogP contribution < -0.4 is 5.32 Å². The zero-order chi connectivity index (χ0) is 12.7. The van der Waals surface area contributed by atoms with Crippen LogP contribution in [0.25, 0.3) is 0 Å². The maximum Gasteiger partial charge on any atom is 0.227 e. The molecule has 0 aromatic carbocycles. The van der Waals surface area contributed by atoms with E-state index in [2.05, 4.69) is 5.32 Å². The molecule has 1 aliphatic heterocycles. The van der Waals surface area contributed by atoms with E-state index < -0.39 is 15.8 Å². The Hall–Kier alpha value is -0.640. The van der Waals surface area contributed by atoms with E-state index in [9.17, 15) is 8.42 Å². The molecule has 1 heterocycles. The van der Waals surface area contributed by atoms with Crippen LogP contribution in [0.3, 0.4) is 0 Å². The van der Waals surface area contributed by atoms with E-state index in [0.29, 0.717) is 13.1 Å². The van der Waals surface area contributed by atoms with Gasteiger partial charge in [0.15, 0.2) is 5.75 Å². The minimum absolute atomic E-state index is 0.240. The molecule has 0 radical (unpaired) electrons. The van der Waals surface area contributed by atoms with E-state index in [4.69, 9.17) is 5.26 Å². The summed E-state index contributed by atoms with van der Waals surface area (Å²) in [6, 6.07) is 1.97. The predicted molar refractivity (Wildman–Crippen MR) is 66.9 cm³/mol. The Bertz CT molecular complexity index is 355. The molecule has 0 bridgehead atoms. The molecule has 0 spiro atoms. The van der Waals surface area contributed by atoms with Crippen LogP contribution in [0.4, 0.5) is 0 Å². The molecule has 0 saturated carbocycles. The maximum atomic E-state index is 11.9. The lowest BCUT2D eigenvalue weighted by molar-refractivity contribution is 0.313. The van der Waals surface area contributed by atoms with Gasteiger partial charge in [0.2, 0.25) is 10.0 Å². The molecule has 1 saturated heterocycles. The first-order valence-electron chi connectivity index (χ1n) is 6.18. The minimum Gasteiger partial charge on any atom is -0.313 e. The number of hydrogen-bond donors (Lipinski definition) is 1. The van der Waals surface area contributed by atoms with Crippen molar-refractivity contribution in [2.75, 3.05) is 25.4 Å². The Morgan fingerprint density at radius 1 is 1.47 bits per heavy atom. The van der Waals surface area contributed by atoms with Crippen LogP contribution in [0, 0.1) is 11.3 Å². The number of piperidine rings is 1. The highest BCUT2D eigenvalue weighted by atomic mass is 32.2. The van der Waals surface area contributed by atoms with Crippen molar-refractivity contribution in [1.82, 2.24) is 9.62 Å². The number of nitrogens with zero attached hydrogens (tertiary/aromatic N) is 2. The lowest BCUT2D eigenvalue weighted by atomic mass is 10.1. The topological polar surface area (TPSA) is 73.2 Å². The Morgan fingerprint density at radius 2 is 2.24 bits per heavy atom. The minimum atomic E-state index is -3.40. The van der Waals surface area contributed by atoms with E-state index in [1.54, 1.807) is 6.07 Å². The van der Waals surface area contributed by atoms with Gasteiger partial charge in [0.1, 0.15) is 0 Å². The van der Waals surface area contributed by atoms with E-state index in [1.165, 1.54) is 4.31 Å². The summed E-state index contributed by atoms with van der Waals surface area (Å²) in [6.07, 6.45) is 4.10. The SMILES string of the molecule is CCCN(CC1CCCCN1)S(=O)(=O)CC#N. The van der Waals surface area contributed by atoms with E-state index in [-0.39, 0.29) is 6.04 Å². The first kappa shape index (κ1) is 14.4. The highest BCUT2D eigenvalue weighted by molar-refractivity contribution is 7.89. The molecule has 1 atom stereocenters. The van der Waals surface area contributed by atoms with Gasteiger partial charge in [-0.05, 0) is 25.8 Å². The lowest BCUT2D eigenvalue weighted by Crippen LogP contribution is -2.46. The third-order valence-electron chi connectivity index (χ3n) is 2.95. The van der Waals surface area contributed by atoms with E-state index in [1.807, 2.05) is 6.92 Å². The summed E-state index contributed by atoms with van der Waals surface area (Å²) >= 11 is 0. The third-order valence-corrected chi connectivity index (χ3v) is 4.56. The van der Waals surface area contributed by atoms with E-state index >= 15 is 0 Å². The molecule has 6 heteroatoms. The molecule has 0 aromatic rings. The normalized spacial score (nSPS) is 21.4. The fraction of sp³-hybridized carbons (Fsp3) is 0.909. The van der Waals surface area contributed by atoms with Gasteiger partial charge in [-0.2, -0.15) is 9.57 Å². The molecule has 0 aromatic heterocycles. The second-order valence-electron chi connectivity index (χ2n) is 4.42. The first-order valence-corrected chi connectivity index (χ1v) is 7.79. The van der Waals surface area contributed by atoms with Crippen molar-refractivity contribution in [3.05, 3.63) is 0 Å². The summed E-state index contributed by atoms with van der Waals surface area (Å²) in [7, 11) is -3.40. The Balaban J connectivity index is 2.62. The fourth-order valence-electron chi connectivity index (χ4n) is 2.09. The average molecular weight is 259 g/mol. The monoisotopic (exact) mass is 259 g/mol. The summed E-state index contributed by atoms with van der Waals surface area (Å²) in [5, 5.41) is 11.9. The van der Waals surface area contributed by atoms with Crippen molar-refractivity contribution in [3.63, 3.8) is 0 Å². The molecular formula is C11H21N3O2S. The summed E-state index contributed by atoms with van der Waals surface area (Å²) < 4.78 is 25.2. The van der Waals surface area contributed by atoms with Crippen LogP contribution in [-0.4, -0.2) is 44.2 Å². The summed E-state index contributed by atoms with van der Waals surface area (Å²) in [5.74, 6) is -0.417. The predicted octanol–water partition coefficient (Wildman–Crippen LogP) is 0.694. The average Bonchev–Trinajstić information content (AvgIpc) is 2.30. The maximum absolute atomic E-state index is 11.9. The quantitative estimate of drug-likeness (QED) is 0.762. The van der Waals surface area contributed by atoms with Gasteiger partial charge < -0.3 is 5.32 Å². The van der Waals surface area contributed by atoms with Crippen LogP contribution in [0.5, 0.6) is 0 Å². The zero-order valence-corrected chi connectivity index (χ0v) is 11.2. The van der Waals surface area contributed by atoms with Crippen molar-refractivity contribution >= 4 is 10.0 Å². The van der Waals surface area contributed by atoms with E-state index in [0.717, 1.165) is 32.2 Å². The van der Waals surface area contributed by atoms with Crippen molar-refractivity contribution < 1.29 is 8.42 Å². The molecule has 1 N–H and O–H groups in total. The number of nitriles is 1. The van der Waals surface area contributed by atoms with Gasteiger partial charge in [-0.15, -0.1) is 0 Å². The largest absolute Gasteiger partial charge is 0.313 e. The number of rotatable bonds is 6. The van der Waals surface area contributed by atoms with Gasteiger partial charge in [0.25, 0.3) is 0 Å². The summed E-state index contributed by atoms with van der Waals surface area (Å²) in [6.45, 7) is 3.91. The molecule has 1 aliphatic rings. The standard InChI is InChI=1S/C11H21N3O2S/c1-2-8-14(17(15,16)9-6-12)10-11-5-3-4-7-13-11/h11,13H,2-5,7-10H2,1H3. The Morgan fingerprint density at radius 3 is 2.76 bits per heavy atom. The molecule has 17 heavy (non-hydrogen) atoms. The molecule has 98 valence electrons. The van der Waals surface area contributed by atoms with Gasteiger partial charge in [-0.1, -0.05) is 13.3 Å². The Kier molecular flexibility index (Phi) is 5.89. The number of nitrogens with one attached hydrogen (secondary N) is 1. The van der Waals surface area contributed by atoms with Gasteiger partial charge in [-0.3, -0.25) is 0 Å². The fourth-order valence-corrected chi connectivity index (χ4v) is 3.31. The van der Waals surface area contributed by atoms with Gasteiger partial charge in [0.05, 0.1) is 6.07 Å². The van der Waals surface area contributed by atoms with Crippen LogP contribution in [0.15, 0.2) is 0 Å². The molecule has 1 rings (SSSR count). The highest BCUT2D eigenvalue weighted by Crippen LogP contribution is 2.11. The van der Waals surface area contributed by atoms with Crippen molar-refractivity contribution in [3.8, 4) is 6.07 Å². The van der Waals surface area contributed by atoms with Crippen molar-refractivity contribution in [2.24, 2.45) is 0 Å². The van der Waals surface area contributed by atoms with Gasteiger partial charge in [0, 0.05) is 19.1 Å². The van der Waals surface area contributed by atoms with Gasteiger partial charge >= 0.3 is 0 Å². The third kappa shape index (κ3) is 4.62. The molecule has 1 fully saturated rings. The zero-order valence-electron chi connectivity index (χ0n) is 10.4. The molecule has 0 amide bonds. The highest BCUT2D eigenvalue weighted by Gasteiger charge is 2.25. The van der Waals surface area contributed by atoms with Crippen molar-refractivity contribution in [2.45, 2.75) is 38.6 Å². The number of sulfonamides is 1. The lowest BCUT2D eigenvalue weighted by Gasteiger charge is -2.29. The summed E-state index contributed by atoms with van der Waals surface area (Å²) in [5.41, 5.74) is 0. The number of hydrogen-bond acceptors (Lipinski definition) is 4. The first-order chi connectivity index (χ1) is 8.10. The molecule has 5 nitrogen and oxygen atoms in total. The van der Waals surface area contributed by atoms with Crippen LogP contribution in [-0.2, 0) is 10.0 Å². The van der Waals surface area contributed by atoms with Gasteiger partial charge in [-0.25, -0.2) is 8.42 Å². The summed E-state index contributed by atoms with van der Waals surface area (Å²) in [4.78, 5) is 0. The Labute approximate surface area is 104 Å². The van der Waals surface area contributed by atoms with Crippen LogP contribution in [0.2, 0.25) is 0 Å². The van der Waals surface area contributed by atoms with Crippen LogP contribution >= 0.6 is 0 Å². The van der Waals surface area contributed by atoms with Crippen LogP contribution in [0.1, 0.15) is 32.6 Å². The second kappa shape index (κ2) is 6.94. The molecule has 1 unspecified atom stereocenters. The van der Waals surface area contributed by atoms with Crippen molar-refractivity contribution in [1.29, 1.82) is 5.26 Å². The second-order valence-corrected chi connectivity index (χ2v) is 6.39.